The molecule has 0 atom stereocenters. The largest absolute Gasteiger partial charge is 0.372 e. The van der Waals surface area contributed by atoms with Crippen LogP contribution in [0.1, 0.15) is 46.1 Å². The maximum Gasteiger partial charge on any atom is 0.229 e. The third-order valence-electron chi connectivity index (χ3n) is 4.54. The van der Waals surface area contributed by atoms with Gasteiger partial charge in [-0.1, -0.05) is 13.8 Å². The minimum atomic E-state index is 0.651. The molecule has 0 bridgehead atoms. The van der Waals surface area contributed by atoms with E-state index in [-0.39, 0.29) is 0 Å². The predicted molar refractivity (Wildman–Crippen MR) is 113 cm³/mol. The number of benzene rings is 1. The molecule has 2 aromatic rings. The van der Waals surface area contributed by atoms with E-state index in [2.05, 4.69) is 72.9 Å². The van der Waals surface area contributed by atoms with Gasteiger partial charge in [0.25, 0.3) is 0 Å². The molecule has 0 aliphatic rings. The van der Waals surface area contributed by atoms with E-state index in [4.69, 9.17) is 4.98 Å². The fraction of sp³-hybridized carbons (Fsp3) is 0.524. The molecule has 0 fully saturated rings. The van der Waals surface area contributed by atoms with Gasteiger partial charge >= 0.3 is 0 Å². The van der Waals surface area contributed by atoms with Gasteiger partial charge in [0.1, 0.15) is 5.82 Å². The summed E-state index contributed by atoms with van der Waals surface area (Å²) >= 11 is 0. The highest BCUT2D eigenvalue weighted by Crippen LogP contribution is 2.25. The lowest BCUT2D eigenvalue weighted by Gasteiger charge is -2.23. The Hall–Kier alpha value is -2.30. The molecule has 1 heterocycles. The second-order valence-corrected chi connectivity index (χ2v) is 6.52. The maximum absolute atomic E-state index is 4.73. The molecule has 1 aromatic carbocycles. The lowest BCUT2D eigenvalue weighted by atomic mass is 10.1. The first kappa shape index (κ1) is 20.0. The van der Waals surface area contributed by atoms with E-state index < -0.39 is 0 Å². The number of aromatic nitrogens is 2. The SMILES string of the molecule is CCCN(CCC)c1ccnc(Nc2ccc(N(CC)CC)cc2C)n1. The number of hydrogen-bond acceptors (Lipinski definition) is 5. The van der Waals surface area contributed by atoms with Crippen LogP contribution in [0.2, 0.25) is 0 Å². The summed E-state index contributed by atoms with van der Waals surface area (Å²) in [6.07, 6.45) is 4.06. The van der Waals surface area contributed by atoms with Crippen LogP contribution in [0.5, 0.6) is 0 Å². The second kappa shape index (κ2) is 10.00. The Labute approximate surface area is 158 Å². The summed E-state index contributed by atoms with van der Waals surface area (Å²) in [5.41, 5.74) is 3.50. The zero-order chi connectivity index (χ0) is 18.9. The average Bonchev–Trinajstić information content (AvgIpc) is 2.65. The highest BCUT2D eigenvalue weighted by atomic mass is 15.2. The molecule has 0 amide bonds. The van der Waals surface area contributed by atoms with Crippen LogP contribution in [0.4, 0.5) is 23.1 Å². The average molecular weight is 356 g/mol. The van der Waals surface area contributed by atoms with Gasteiger partial charge in [-0.15, -0.1) is 0 Å². The molecular formula is C21H33N5. The van der Waals surface area contributed by atoms with Crippen LogP contribution in [-0.4, -0.2) is 36.1 Å². The summed E-state index contributed by atoms with van der Waals surface area (Å²) in [5, 5.41) is 3.39. The standard InChI is InChI=1S/C21H33N5/c1-6-14-26(15-7-2)20-12-13-22-21(24-20)23-19-11-10-18(16-17(19)5)25(8-3)9-4/h10-13,16H,6-9,14-15H2,1-5H3,(H,22,23,24). The molecular weight excluding hydrogens is 322 g/mol. The van der Waals surface area contributed by atoms with Gasteiger partial charge in [0.2, 0.25) is 5.95 Å². The van der Waals surface area contributed by atoms with E-state index >= 15 is 0 Å². The molecule has 1 N–H and O–H groups in total. The zero-order valence-electron chi connectivity index (χ0n) is 16.9. The summed E-state index contributed by atoms with van der Waals surface area (Å²) in [5.74, 6) is 1.64. The maximum atomic E-state index is 4.73. The molecule has 0 saturated carbocycles. The highest BCUT2D eigenvalue weighted by molar-refractivity contribution is 5.64. The van der Waals surface area contributed by atoms with E-state index in [1.54, 1.807) is 0 Å². The van der Waals surface area contributed by atoms with Gasteiger partial charge in [0, 0.05) is 43.8 Å². The fourth-order valence-electron chi connectivity index (χ4n) is 3.16. The molecule has 0 saturated heterocycles. The van der Waals surface area contributed by atoms with Gasteiger partial charge in [-0.2, -0.15) is 4.98 Å². The smallest absolute Gasteiger partial charge is 0.229 e. The topological polar surface area (TPSA) is 44.3 Å². The Bertz CT molecular complexity index is 676. The fourth-order valence-corrected chi connectivity index (χ4v) is 3.16. The van der Waals surface area contributed by atoms with E-state index in [0.717, 1.165) is 50.5 Å². The van der Waals surface area contributed by atoms with Crippen LogP contribution in [-0.2, 0) is 0 Å². The van der Waals surface area contributed by atoms with Gasteiger partial charge in [0.15, 0.2) is 0 Å². The number of nitrogens with zero attached hydrogens (tertiary/aromatic N) is 4. The molecule has 0 aliphatic carbocycles. The zero-order valence-corrected chi connectivity index (χ0v) is 16.9. The van der Waals surface area contributed by atoms with Gasteiger partial charge in [-0.3, -0.25) is 0 Å². The Morgan fingerprint density at radius 3 is 2.19 bits per heavy atom. The number of anilines is 4. The Morgan fingerprint density at radius 1 is 0.923 bits per heavy atom. The van der Waals surface area contributed by atoms with Crippen LogP contribution in [0, 0.1) is 6.92 Å². The van der Waals surface area contributed by atoms with Gasteiger partial charge in [-0.05, 0) is 63.4 Å². The van der Waals surface area contributed by atoms with E-state index in [1.165, 1.54) is 11.3 Å². The second-order valence-electron chi connectivity index (χ2n) is 6.52. The minimum absolute atomic E-state index is 0.651. The van der Waals surface area contributed by atoms with Crippen molar-refractivity contribution in [2.45, 2.75) is 47.5 Å². The summed E-state index contributed by atoms with van der Waals surface area (Å²) in [6.45, 7) is 14.9. The van der Waals surface area contributed by atoms with Crippen LogP contribution < -0.4 is 15.1 Å². The van der Waals surface area contributed by atoms with Crippen molar-refractivity contribution in [1.29, 1.82) is 0 Å². The van der Waals surface area contributed by atoms with Crippen LogP contribution >= 0.6 is 0 Å². The number of nitrogens with one attached hydrogen (secondary N) is 1. The van der Waals surface area contributed by atoms with Crippen molar-refractivity contribution in [3.05, 3.63) is 36.0 Å². The summed E-state index contributed by atoms with van der Waals surface area (Å²) < 4.78 is 0. The molecule has 0 spiro atoms. The minimum Gasteiger partial charge on any atom is -0.372 e. The first-order valence-electron chi connectivity index (χ1n) is 9.83. The molecule has 0 unspecified atom stereocenters. The molecule has 0 radical (unpaired) electrons. The Balaban J connectivity index is 2.19. The van der Waals surface area contributed by atoms with E-state index in [0.29, 0.717) is 5.95 Å². The van der Waals surface area contributed by atoms with Crippen LogP contribution in [0.25, 0.3) is 0 Å². The molecule has 142 valence electrons. The molecule has 0 aliphatic heterocycles. The predicted octanol–water partition coefficient (Wildman–Crippen LogP) is 5.00. The van der Waals surface area contributed by atoms with Crippen molar-refractivity contribution in [2.24, 2.45) is 0 Å². The molecule has 26 heavy (non-hydrogen) atoms. The van der Waals surface area contributed by atoms with Crippen molar-refractivity contribution in [1.82, 2.24) is 9.97 Å². The van der Waals surface area contributed by atoms with E-state index in [1.807, 2.05) is 12.3 Å². The Morgan fingerprint density at radius 2 is 1.62 bits per heavy atom. The third kappa shape index (κ3) is 5.10. The first-order chi connectivity index (χ1) is 12.6. The first-order valence-corrected chi connectivity index (χ1v) is 9.83. The monoisotopic (exact) mass is 355 g/mol. The van der Waals surface area contributed by atoms with Crippen LogP contribution in [0.15, 0.2) is 30.5 Å². The Kier molecular flexibility index (Phi) is 7.70. The number of rotatable bonds is 10. The lowest BCUT2D eigenvalue weighted by Crippen LogP contribution is -2.26. The summed E-state index contributed by atoms with van der Waals surface area (Å²) in [4.78, 5) is 13.8. The number of hydrogen-bond donors (Lipinski definition) is 1. The van der Waals surface area contributed by atoms with Crippen molar-refractivity contribution < 1.29 is 0 Å². The van der Waals surface area contributed by atoms with Crippen molar-refractivity contribution in [3.63, 3.8) is 0 Å². The number of aryl methyl sites for hydroxylation is 1. The lowest BCUT2D eigenvalue weighted by molar-refractivity contribution is 0.733. The quantitative estimate of drug-likeness (QED) is 0.649. The summed E-state index contributed by atoms with van der Waals surface area (Å²) in [7, 11) is 0. The molecule has 1 aromatic heterocycles. The van der Waals surface area contributed by atoms with Crippen molar-refractivity contribution in [2.75, 3.05) is 41.3 Å². The van der Waals surface area contributed by atoms with Crippen LogP contribution in [0.3, 0.4) is 0 Å². The molecule has 2 rings (SSSR count). The van der Waals surface area contributed by atoms with Gasteiger partial charge < -0.3 is 15.1 Å². The third-order valence-corrected chi connectivity index (χ3v) is 4.54. The van der Waals surface area contributed by atoms with Gasteiger partial charge in [0.05, 0.1) is 0 Å². The molecule has 5 heteroatoms. The van der Waals surface area contributed by atoms with Gasteiger partial charge in [-0.25, -0.2) is 4.98 Å². The van der Waals surface area contributed by atoms with Crippen molar-refractivity contribution >= 4 is 23.1 Å². The normalized spacial score (nSPS) is 10.7. The molecule has 5 nitrogen and oxygen atoms in total. The van der Waals surface area contributed by atoms with E-state index in [9.17, 15) is 0 Å². The highest BCUT2D eigenvalue weighted by Gasteiger charge is 2.09. The van der Waals surface area contributed by atoms with Crippen molar-refractivity contribution in [3.8, 4) is 0 Å². The summed E-state index contributed by atoms with van der Waals surface area (Å²) in [6, 6.07) is 8.49.